The van der Waals surface area contributed by atoms with E-state index in [1.54, 1.807) is 14.2 Å². The summed E-state index contributed by atoms with van der Waals surface area (Å²) in [5.41, 5.74) is 0. The van der Waals surface area contributed by atoms with Crippen molar-refractivity contribution >= 4 is 11.9 Å². The molecule has 126 valence electrons. The first-order chi connectivity index (χ1) is 10.7. The van der Waals surface area contributed by atoms with Crippen LogP contribution in [0.15, 0.2) is 4.99 Å². The number of hydrogen-bond acceptors (Lipinski definition) is 4. The molecule has 2 fully saturated rings. The summed E-state index contributed by atoms with van der Waals surface area (Å²) in [5.74, 6) is 0.648. The van der Waals surface area contributed by atoms with Gasteiger partial charge >= 0.3 is 0 Å². The average Bonchev–Trinajstić information content (AvgIpc) is 3.37. The zero-order valence-corrected chi connectivity index (χ0v) is 13.7. The number of ether oxygens (including phenoxy) is 1. The van der Waals surface area contributed by atoms with Gasteiger partial charge < -0.3 is 25.6 Å². The lowest BCUT2D eigenvalue weighted by Crippen LogP contribution is -2.50. The topological polar surface area (TPSA) is 78.0 Å². The third-order valence-electron chi connectivity index (χ3n) is 4.20. The monoisotopic (exact) mass is 311 g/mol. The number of rotatable bonds is 7. The molecule has 0 unspecified atom stereocenters. The molecule has 0 aromatic heterocycles. The smallest absolute Gasteiger partial charge is 0.239 e. The van der Waals surface area contributed by atoms with E-state index in [1.807, 2.05) is 0 Å². The third-order valence-corrected chi connectivity index (χ3v) is 4.20. The summed E-state index contributed by atoms with van der Waals surface area (Å²) >= 11 is 0. The Balaban J connectivity index is 1.61. The molecule has 1 saturated carbocycles. The number of methoxy groups -OCH3 is 1. The largest absolute Gasteiger partial charge is 0.383 e. The first-order valence-electron chi connectivity index (χ1n) is 8.19. The molecule has 2 aliphatic rings. The van der Waals surface area contributed by atoms with Crippen LogP contribution in [0.4, 0.5) is 0 Å². The van der Waals surface area contributed by atoms with Crippen molar-refractivity contribution in [2.75, 3.05) is 46.9 Å². The van der Waals surface area contributed by atoms with Crippen LogP contribution >= 0.6 is 0 Å². The lowest BCUT2D eigenvalue weighted by Gasteiger charge is -2.33. The predicted octanol–water partition coefficient (Wildman–Crippen LogP) is -0.459. The van der Waals surface area contributed by atoms with Gasteiger partial charge in [0.25, 0.3) is 0 Å². The van der Waals surface area contributed by atoms with Crippen LogP contribution in [0.3, 0.4) is 0 Å². The highest BCUT2D eigenvalue weighted by Gasteiger charge is 2.31. The van der Waals surface area contributed by atoms with Crippen molar-refractivity contribution in [1.82, 2.24) is 20.9 Å². The molecule has 0 spiro atoms. The van der Waals surface area contributed by atoms with Gasteiger partial charge in [0.15, 0.2) is 5.96 Å². The van der Waals surface area contributed by atoms with E-state index in [1.165, 1.54) is 12.8 Å². The van der Waals surface area contributed by atoms with Crippen molar-refractivity contribution in [1.29, 1.82) is 0 Å². The number of hydrogen-bond donors (Lipinski definition) is 3. The third kappa shape index (κ3) is 5.81. The lowest BCUT2D eigenvalue weighted by atomic mass is 10.1. The zero-order valence-electron chi connectivity index (χ0n) is 13.7. The summed E-state index contributed by atoms with van der Waals surface area (Å²) < 4.78 is 4.89. The number of piperidine rings is 1. The molecule has 1 aliphatic carbocycles. The van der Waals surface area contributed by atoms with E-state index in [2.05, 4.69) is 25.8 Å². The number of likely N-dealkylation sites (tertiary alicyclic amines) is 1. The number of nitrogens with one attached hydrogen (secondary N) is 3. The zero-order chi connectivity index (χ0) is 15.8. The molecule has 0 bridgehead atoms. The lowest BCUT2D eigenvalue weighted by molar-refractivity contribution is -0.120. The molecule has 1 heterocycles. The van der Waals surface area contributed by atoms with Crippen LogP contribution in [0, 0.1) is 0 Å². The number of guanidine groups is 1. The fraction of sp³-hybridized carbons (Fsp3) is 0.867. The molecule has 0 atom stereocenters. The normalized spacial score (nSPS) is 20.7. The summed E-state index contributed by atoms with van der Waals surface area (Å²) in [6, 6.07) is 1.30. The molecule has 0 aromatic carbocycles. The van der Waals surface area contributed by atoms with Gasteiger partial charge in [0, 0.05) is 45.9 Å². The Labute approximate surface area is 132 Å². The molecule has 22 heavy (non-hydrogen) atoms. The van der Waals surface area contributed by atoms with Gasteiger partial charge in [-0.05, 0) is 25.7 Å². The van der Waals surface area contributed by atoms with Gasteiger partial charge in [0.05, 0.1) is 13.2 Å². The minimum absolute atomic E-state index is 0.0523. The highest BCUT2D eigenvalue weighted by atomic mass is 16.5. The molecule has 0 aromatic rings. The molecule has 7 nitrogen and oxygen atoms in total. The molecule has 1 amide bonds. The van der Waals surface area contributed by atoms with Gasteiger partial charge in [-0.2, -0.15) is 0 Å². The van der Waals surface area contributed by atoms with Crippen molar-refractivity contribution in [2.45, 2.75) is 37.8 Å². The highest BCUT2D eigenvalue weighted by Crippen LogP contribution is 2.29. The average molecular weight is 311 g/mol. The van der Waals surface area contributed by atoms with Crippen molar-refractivity contribution in [3.05, 3.63) is 0 Å². The second-order valence-electron chi connectivity index (χ2n) is 5.95. The number of nitrogens with zero attached hydrogens (tertiary/aromatic N) is 2. The van der Waals surface area contributed by atoms with Crippen molar-refractivity contribution in [2.24, 2.45) is 4.99 Å². The fourth-order valence-corrected chi connectivity index (χ4v) is 2.76. The molecular formula is C15H29N5O2. The first-order valence-corrected chi connectivity index (χ1v) is 8.19. The molecule has 3 N–H and O–H groups in total. The molecule has 1 saturated heterocycles. The summed E-state index contributed by atoms with van der Waals surface area (Å²) in [4.78, 5) is 18.4. The van der Waals surface area contributed by atoms with Gasteiger partial charge in [0.1, 0.15) is 0 Å². The van der Waals surface area contributed by atoms with E-state index < -0.39 is 0 Å². The predicted molar refractivity (Wildman–Crippen MR) is 87.0 cm³/mol. The standard InChI is InChI=1S/C15H29N5O2/c1-16-15(18-11-14(21)17-7-10-22-2)19-12-5-8-20(9-6-12)13-3-4-13/h12-13H,3-11H2,1-2H3,(H,17,21)(H2,16,18,19). The summed E-state index contributed by atoms with van der Waals surface area (Å²) in [6.07, 6.45) is 5.02. The van der Waals surface area contributed by atoms with Crippen molar-refractivity contribution < 1.29 is 9.53 Å². The molecular weight excluding hydrogens is 282 g/mol. The number of carbonyl (C=O) groups is 1. The second kappa shape index (κ2) is 8.95. The molecule has 7 heteroatoms. The van der Waals surface area contributed by atoms with Crippen LogP contribution in [0.2, 0.25) is 0 Å². The Kier molecular flexibility index (Phi) is 6.92. The van der Waals surface area contributed by atoms with Gasteiger partial charge in [0.2, 0.25) is 5.91 Å². The maximum Gasteiger partial charge on any atom is 0.239 e. The minimum atomic E-state index is -0.0523. The van der Waals surface area contributed by atoms with Gasteiger partial charge in [-0.25, -0.2) is 0 Å². The van der Waals surface area contributed by atoms with Gasteiger partial charge in [-0.3, -0.25) is 9.79 Å². The van der Waals surface area contributed by atoms with E-state index in [4.69, 9.17) is 4.74 Å². The van der Waals surface area contributed by atoms with E-state index in [-0.39, 0.29) is 12.5 Å². The maximum atomic E-state index is 11.6. The quantitative estimate of drug-likeness (QED) is 0.337. The maximum absolute atomic E-state index is 11.6. The van der Waals surface area contributed by atoms with Crippen molar-refractivity contribution in [3.63, 3.8) is 0 Å². The number of aliphatic imine (C=N–C) groups is 1. The van der Waals surface area contributed by atoms with E-state index in [9.17, 15) is 4.79 Å². The first kappa shape index (κ1) is 17.0. The summed E-state index contributed by atoms with van der Waals surface area (Å²) in [6.45, 7) is 3.61. The van der Waals surface area contributed by atoms with Crippen LogP contribution in [0.1, 0.15) is 25.7 Å². The number of carbonyl (C=O) groups excluding carboxylic acids is 1. The fourth-order valence-electron chi connectivity index (χ4n) is 2.76. The van der Waals surface area contributed by atoms with Crippen LogP contribution < -0.4 is 16.0 Å². The molecule has 1 aliphatic heterocycles. The highest BCUT2D eigenvalue weighted by molar-refractivity contribution is 5.86. The summed E-state index contributed by atoms with van der Waals surface area (Å²) in [7, 11) is 3.35. The molecule has 0 radical (unpaired) electrons. The second-order valence-corrected chi connectivity index (χ2v) is 5.95. The number of amides is 1. The Morgan fingerprint density at radius 1 is 1.23 bits per heavy atom. The molecule has 2 rings (SSSR count). The Morgan fingerprint density at radius 2 is 1.95 bits per heavy atom. The minimum Gasteiger partial charge on any atom is -0.383 e. The van der Waals surface area contributed by atoms with E-state index >= 15 is 0 Å². The van der Waals surface area contributed by atoms with Crippen LogP contribution in [0.5, 0.6) is 0 Å². The van der Waals surface area contributed by atoms with Gasteiger partial charge in [-0.1, -0.05) is 0 Å². The SMILES string of the molecule is CN=C(NCC(=O)NCCOC)NC1CCN(C2CC2)CC1. The van der Waals surface area contributed by atoms with E-state index in [0.29, 0.717) is 25.2 Å². The Bertz CT molecular complexity index is 376. The van der Waals surface area contributed by atoms with Crippen LogP contribution in [-0.2, 0) is 9.53 Å². The van der Waals surface area contributed by atoms with E-state index in [0.717, 1.165) is 32.0 Å². The Morgan fingerprint density at radius 3 is 2.55 bits per heavy atom. The Hall–Kier alpha value is -1.34. The van der Waals surface area contributed by atoms with Gasteiger partial charge in [-0.15, -0.1) is 0 Å². The van der Waals surface area contributed by atoms with Crippen LogP contribution in [0.25, 0.3) is 0 Å². The summed E-state index contributed by atoms with van der Waals surface area (Å²) in [5, 5.41) is 9.25. The van der Waals surface area contributed by atoms with Crippen LogP contribution in [-0.4, -0.2) is 75.8 Å². The van der Waals surface area contributed by atoms with Crippen molar-refractivity contribution in [3.8, 4) is 0 Å².